The van der Waals surface area contributed by atoms with Gasteiger partial charge in [-0.25, -0.2) is 4.79 Å². The van der Waals surface area contributed by atoms with Crippen molar-refractivity contribution in [3.05, 3.63) is 12.2 Å². The second kappa shape index (κ2) is 9.64. The molecule has 0 radical (unpaired) electrons. The summed E-state index contributed by atoms with van der Waals surface area (Å²) in [5, 5.41) is 18.1. The van der Waals surface area contributed by atoms with E-state index in [2.05, 4.69) is 16.0 Å². The van der Waals surface area contributed by atoms with Gasteiger partial charge < -0.3 is 25.8 Å². The predicted octanol–water partition coefficient (Wildman–Crippen LogP) is 0.829. The molecule has 3 atom stereocenters. The van der Waals surface area contributed by atoms with Gasteiger partial charge in [-0.1, -0.05) is 31.4 Å². The molecular formula is C17H29N3O4. The van der Waals surface area contributed by atoms with Crippen LogP contribution in [0, 0.1) is 0 Å². The number of hydrogen-bond acceptors (Lipinski definition) is 4. The molecule has 0 bridgehead atoms. The van der Waals surface area contributed by atoms with Crippen LogP contribution in [0.2, 0.25) is 0 Å². The number of aliphatic hydroxyl groups excluding tert-OH is 1. The molecule has 1 aliphatic carbocycles. The summed E-state index contributed by atoms with van der Waals surface area (Å²) in [5.74, 6) is -0.0923. The lowest BCUT2D eigenvalue weighted by Crippen LogP contribution is -2.53. The van der Waals surface area contributed by atoms with Crippen LogP contribution in [-0.4, -0.2) is 54.5 Å². The fraction of sp³-hybridized carbons (Fsp3) is 0.765. The molecule has 24 heavy (non-hydrogen) atoms. The number of hydrogen-bond donors (Lipinski definition) is 4. The molecule has 0 aromatic heterocycles. The number of carbonyl (C=O) groups excluding carboxylic acids is 2. The van der Waals surface area contributed by atoms with Crippen LogP contribution in [-0.2, 0) is 9.53 Å². The van der Waals surface area contributed by atoms with E-state index in [1.54, 1.807) is 12.2 Å². The summed E-state index contributed by atoms with van der Waals surface area (Å²) in [6.07, 6.45) is 8.42. The van der Waals surface area contributed by atoms with Crippen LogP contribution < -0.4 is 16.0 Å². The standard InChI is InChI=1S/C17H29N3O4/c1-2-18-16(22)10-13-8-9-14(15(11-21)24-13)20-17(23)19-12-6-4-3-5-7-12/h8-9,12-15,21H,2-7,10-11H2,1H3,(H,18,22)(H2,19,20,23)/t13-,14-,15+/m1/s1. The third-order valence-electron chi connectivity index (χ3n) is 4.46. The predicted molar refractivity (Wildman–Crippen MR) is 90.5 cm³/mol. The van der Waals surface area contributed by atoms with Crippen LogP contribution in [0.4, 0.5) is 4.79 Å². The first-order valence-electron chi connectivity index (χ1n) is 8.90. The number of rotatable bonds is 6. The summed E-state index contributed by atoms with van der Waals surface area (Å²) in [5.41, 5.74) is 0. The lowest BCUT2D eigenvalue weighted by molar-refractivity contribution is -0.125. The molecule has 136 valence electrons. The molecule has 7 heteroatoms. The van der Waals surface area contributed by atoms with Gasteiger partial charge in [0.1, 0.15) is 6.10 Å². The number of amides is 3. The van der Waals surface area contributed by atoms with Crippen molar-refractivity contribution >= 4 is 11.9 Å². The monoisotopic (exact) mass is 339 g/mol. The number of carbonyl (C=O) groups is 2. The van der Waals surface area contributed by atoms with Gasteiger partial charge in [-0.3, -0.25) is 4.79 Å². The molecule has 1 heterocycles. The zero-order valence-corrected chi connectivity index (χ0v) is 14.3. The van der Waals surface area contributed by atoms with Gasteiger partial charge in [-0.05, 0) is 19.8 Å². The molecule has 0 aromatic carbocycles. The van der Waals surface area contributed by atoms with Gasteiger partial charge in [-0.2, -0.15) is 0 Å². The fourth-order valence-electron chi connectivity index (χ4n) is 3.21. The van der Waals surface area contributed by atoms with E-state index >= 15 is 0 Å². The summed E-state index contributed by atoms with van der Waals surface area (Å²) in [4.78, 5) is 23.7. The van der Waals surface area contributed by atoms with E-state index < -0.39 is 12.1 Å². The van der Waals surface area contributed by atoms with E-state index in [0.29, 0.717) is 6.54 Å². The highest BCUT2D eigenvalue weighted by molar-refractivity contribution is 5.77. The molecule has 1 aliphatic heterocycles. The van der Waals surface area contributed by atoms with Crippen molar-refractivity contribution in [1.29, 1.82) is 0 Å². The quantitative estimate of drug-likeness (QED) is 0.539. The second-order valence-electron chi connectivity index (χ2n) is 6.42. The largest absolute Gasteiger partial charge is 0.394 e. The maximum Gasteiger partial charge on any atom is 0.315 e. The van der Waals surface area contributed by atoms with Crippen molar-refractivity contribution in [3.8, 4) is 0 Å². The third kappa shape index (κ3) is 5.79. The Morgan fingerprint density at radius 1 is 1.17 bits per heavy atom. The van der Waals surface area contributed by atoms with Crippen LogP contribution >= 0.6 is 0 Å². The maximum absolute atomic E-state index is 12.1. The smallest absolute Gasteiger partial charge is 0.315 e. The summed E-state index contributed by atoms with van der Waals surface area (Å²) in [7, 11) is 0. The highest BCUT2D eigenvalue weighted by Crippen LogP contribution is 2.18. The Morgan fingerprint density at radius 3 is 2.58 bits per heavy atom. The van der Waals surface area contributed by atoms with Crippen molar-refractivity contribution in [3.63, 3.8) is 0 Å². The topological polar surface area (TPSA) is 99.7 Å². The minimum atomic E-state index is -0.550. The van der Waals surface area contributed by atoms with Crippen LogP contribution in [0.5, 0.6) is 0 Å². The van der Waals surface area contributed by atoms with Gasteiger partial charge in [-0.15, -0.1) is 0 Å². The number of aliphatic hydroxyl groups is 1. The Labute approximate surface area is 143 Å². The number of ether oxygens (including phenoxy) is 1. The molecule has 7 nitrogen and oxygen atoms in total. The van der Waals surface area contributed by atoms with E-state index in [-0.39, 0.29) is 37.1 Å². The van der Waals surface area contributed by atoms with Crippen LogP contribution in [0.1, 0.15) is 45.4 Å². The molecule has 1 saturated carbocycles. The SMILES string of the molecule is CCNC(=O)C[C@H]1C=C[C@@H](NC(=O)NC2CCCCC2)[C@H](CO)O1. The van der Waals surface area contributed by atoms with Gasteiger partial charge in [0.15, 0.2) is 0 Å². The lowest BCUT2D eigenvalue weighted by Gasteiger charge is -2.32. The van der Waals surface area contributed by atoms with E-state index in [0.717, 1.165) is 25.7 Å². The first kappa shape index (κ1) is 18.7. The summed E-state index contributed by atoms with van der Waals surface area (Å²) >= 11 is 0. The molecular weight excluding hydrogens is 310 g/mol. The summed E-state index contributed by atoms with van der Waals surface area (Å²) in [6, 6.07) is -0.407. The van der Waals surface area contributed by atoms with E-state index in [4.69, 9.17) is 4.74 Å². The van der Waals surface area contributed by atoms with Crippen molar-refractivity contribution in [2.24, 2.45) is 0 Å². The van der Waals surface area contributed by atoms with E-state index in [1.807, 2.05) is 6.92 Å². The molecule has 1 fully saturated rings. The lowest BCUT2D eigenvalue weighted by atomic mass is 9.96. The molecule has 4 N–H and O–H groups in total. The highest BCUT2D eigenvalue weighted by Gasteiger charge is 2.29. The normalized spacial score (nSPS) is 27.5. The Kier molecular flexibility index (Phi) is 7.52. The van der Waals surface area contributed by atoms with Gasteiger partial charge >= 0.3 is 6.03 Å². The minimum Gasteiger partial charge on any atom is -0.394 e. The summed E-state index contributed by atoms with van der Waals surface area (Å²) in [6.45, 7) is 2.21. The first-order chi connectivity index (χ1) is 11.6. The first-order valence-corrected chi connectivity index (χ1v) is 8.90. The van der Waals surface area contributed by atoms with Crippen molar-refractivity contribution in [2.75, 3.05) is 13.2 Å². The molecule has 0 aromatic rings. The van der Waals surface area contributed by atoms with Crippen molar-refractivity contribution < 1.29 is 19.4 Å². The molecule has 2 rings (SSSR count). The fourth-order valence-corrected chi connectivity index (χ4v) is 3.21. The number of nitrogens with one attached hydrogen (secondary N) is 3. The Balaban J connectivity index is 1.83. The molecule has 0 spiro atoms. The maximum atomic E-state index is 12.1. The molecule has 0 saturated heterocycles. The van der Waals surface area contributed by atoms with Crippen molar-refractivity contribution in [1.82, 2.24) is 16.0 Å². The Morgan fingerprint density at radius 2 is 1.92 bits per heavy atom. The van der Waals surface area contributed by atoms with E-state index in [1.165, 1.54) is 6.42 Å². The highest BCUT2D eigenvalue weighted by atomic mass is 16.5. The second-order valence-corrected chi connectivity index (χ2v) is 6.42. The van der Waals surface area contributed by atoms with Gasteiger partial charge in [0, 0.05) is 12.6 Å². The number of urea groups is 1. The zero-order chi connectivity index (χ0) is 17.4. The van der Waals surface area contributed by atoms with Gasteiger partial charge in [0.25, 0.3) is 0 Å². The third-order valence-corrected chi connectivity index (χ3v) is 4.46. The molecule has 2 aliphatic rings. The van der Waals surface area contributed by atoms with Gasteiger partial charge in [0.05, 0.1) is 25.2 Å². The Hall–Kier alpha value is -1.60. The zero-order valence-electron chi connectivity index (χ0n) is 14.3. The minimum absolute atomic E-state index is 0.0923. The van der Waals surface area contributed by atoms with Crippen LogP contribution in [0.3, 0.4) is 0 Å². The molecule has 0 unspecified atom stereocenters. The average molecular weight is 339 g/mol. The van der Waals surface area contributed by atoms with Crippen LogP contribution in [0.15, 0.2) is 12.2 Å². The average Bonchev–Trinajstić information content (AvgIpc) is 2.57. The molecule has 3 amide bonds. The van der Waals surface area contributed by atoms with E-state index in [9.17, 15) is 14.7 Å². The Bertz CT molecular complexity index is 449. The van der Waals surface area contributed by atoms with Gasteiger partial charge in [0.2, 0.25) is 5.91 Å². The van der Waals surface area contributed by atoms with Crippen molar-refractivity contribution in [2.45, 2.75) is 69.7 Å². The summed E-state index contributed by atoms with van der Waals surface area (Å²) < 4.78 is 5.72. The van der Waals surface area contributed by atoms with Crippen LogP contribution in [0.25, 0.3) is 0 Å².